The van der Waals surface area contributed by atoms with Crippen molar-refractivity contribution in [3.63, 3.8) is 0 Å². The van der Waals surface area contributed by atoms with Gasteiger partial charge < -0.3 is 19.5 Å². The summed E-state index contributed by atoms with van der Waals surface area (Å²) in [5, 5.41) is 12.8. The lowest BCUT2D eigenvalue weighted by atomic mass is 9.95. The fourth-order valence-corrected chi connectivity index (χ4v) is 4.34. The fourth-order valence-electron chi connectivity index (χ4n) is 3.62. The molecule has 1 aromatic heterocycles. The molecule has 2 heterocycles. The zero-order valence-electron chi connectivity index (χ0n) is 15.8. The zero-order chi connectivity index (χ0) is 19.1. The second-order valence-electron chi connectivity index (χ2n) is 7.53. The number of methoxy groups -OCH3 is 1. The van der Waals surface area contributed by atoms with Crippen LogP contribution in [0, 0.1) is 0 Å². The average molecular weight is 375 g/mol. The van der Waals surface area contributed by atoms with Crippen molar-refractivity contribution in [1.82, 2.24) is 4.90 Å². The van der Waals surface area contributed by atoms with Crippen LogP contribution in [0.1, 0.15) is 54.6 Å². The third-order valence-corrected chi connectivity index (χ3v) is 5.65. The number of rotatable bonds is 4. The van der Waals surface area contributed by atoms with Crippen molar-refractivity contribution in [3.05, 3.63) is 51.7 Å². The molecule has 5 nitrogen and oxygen atoms in total. The molecule has 1 amide bonds. The number of amides is 1. The van der Waals surface area contributed by atoms with E-state index >= 15 is 0 Å². The van der Waals surface area contributed by atoms with Gasteiger partial charge in [-0.1, -0.05) is 18.2 Å². The molecule has 0 spiro atoms. The van der Waals surface area contributed by atoms with E-state index in [1.165, 1.54) is 18.4 Å². The smallest absolute Gasteiger partial charge is 0.260 e. The van der Waals surface area contributed by atoms with E-state index in [4.69, 9.17) is 9.47 Å². The van der Waals surface area contributed by atoms with E-state index in [1.807, 2.05) is 45.2 Å². The van der Waals surface area contributed by atoms with Gasteiger partial charge in [0.2, 0.25) is 0 Å². The normalized spacial score (nSPS) is 19.4. The Labute approximate surface area is 158 Å². The number of carbonyl (C=O) groups excluding carboxylic acids is 1. The van der Waals surface area contributed by atoms with E-state index in [0.717, 1.165) is 4.88 Å². The van der Waals surface area contributed by atoms with Crippen LogP contribution in [0.25, 0.3) is 0 Å². The Morgan fingerprint density at radius 2 is 2.00 bits per heavy atom. The molecular formula is C20H25NO4S. The van der Waals surface area contributed by atoms with Gasteiger partial charge in [0.1, 0.15) is 17.6 Å². The maximum atomic E-state index is 13.6. The van der Waals surface area contributed by atoms with Crippen molar-refractivity contribution in [1.29, 1.82) is 0 Å². The van der Waals surface area contributed by atoms with Crippen LogP contribution in [0.4, 0.5) is 0 Å². The lowest BCUT2D eigenvalue weighted by Gasteiger charge is -2.38. The first-order chi connectivity index (χ1) is 12.2. The van der Waals surface area contributed by atoms with E-state index in [2.05, 4.69) is 0 Å². The second-order valence-corrected chi connectivity index (χ2v) is 8.51. The van der Waals surface area contributed by atoms with E-state index in [1.54, 1.807) is 23.1 Å². The molecule has 3 rings (SSSR count). The third-order valence-electron chi connectivity index (χ3n) is 4.73. The summed E-state index contributed by atoms with van der Waals surface area (Å²) >= 11 is 1.45. The maximum Gasteiger partial charge on any atom is 0.260 e. The quantitative estimate of drug-likeness (QED) is 0.882. The van der Waals surface area contributed by atoms with Gasteiger partial charge in [0.25, 0.3) is 5.91 Å². The summed E-state index contributed by atoms with van der Waals surface area (Å²) in [5.74, 6) is 0.238. The second kappa shape index (κ2) is 6.68. The highest BCUT2D eigenvalue weighted by Crippen LogP contribution is 2.40. The van der Waals surface area contributed by atoms with Crippen molar-refractivity contribution >= 4 is 17.2 Å². The molecule has 1 aromatic carbocycles. The highest BCUT2D eigenvalue weighted by Gasteiger charge is 2.49. The van der Waals surface area contributed by atoms with Gasteiger partial charge in [0, 0.05) is 10.4 Å². The topological polar surface area (TPSA) is 59.0 Å². The minimum Gasteiger partial charge on any atom is -0.496 e. The summed E-state index contributed by atoms with van der Waals surface area (Å²) in [7, 11) is 1.53. The standard InChI is InChI=1S/C20H25NO4S/c1-19(2)12-25-20(3,4)21(19)18(23)16-13(8-6-9-14(16)24-5)17(22)15-10-7-11-26-15/h6-11,17,22H,12H2,1-5H3. The predicted octanol–water partition coefficient (Wildman–Crippen LogP) is 3.83. The van der Waals surface area contributed by atoms with Crippen LogP contribution in [0.15, 0.2) is 35.7 Å². The molecule has 1 N–H and O–H groups in total. The van der Waals surface area contributed by atoms with Gasteiger partial charge >= 0.3 is 0 Å². The highest BCUT2D eigenvalue weighted by molar-refractivity contribution is 7.10. The average Bonchev–Trinajstić information content (AvgIpc) is 3.19. The van der Waals surface area contributed by atoms with Gasteiger partial charge in [0.05, 0.1) is 24.8 Å². The Kier molecular flexibility index (Phi) is 4.86. The van der Waals surface area contributed by atoms with Crippen LogP contribution in [0.5, 0.6) is 5.75 Å². The number of thiophene rings is 1. The summed E-state index contributed by atoms with van der Waals surface area (Å²) in [4.78, 5) is 16.1. The van der Waals surface area contributed by atoms with Crippen LogP contribution in [-0.2, 0) is 4.74 Å². The van der Waals surface area contributed by atoms with E-state index < -0.39 is 17.4 Å². The van der Waals surface area contributed by atoms with Crippen LogP contribution >= 0.6 is 11.3 Å². The van der Waals surface area contributed by atoms with E-state index in [0.29, 0.717) is 23.5 Å². The first-order valence-corrected chi connectivity index (χ1v) is 9.44. The number of benzene rings is 1. The minimum absolute atomic E-state index is 0.208. The number of carbonyl (C=O) groups is 1. The first kappa shape index (κ1) is 18.9. The minimum atomic E-state index is -0.890. The molecule has 26 heavy (non-hydrogen) atoms. The van der Waals surface area contributed by atoms with E-state index in [9.17, 15) is 9.90 Å². The van der Waals surface area contributed by atoms with Crippen LogP contribution < -0.4 is 4.74 Å². The lowest BCUT2D eigenvalue weighted by Crippen LogP contribution is -2.53. The van der Waals surface area contributed by atoms with Gasteiger partial charge in [-0.25, -0.2) is 0 Å². The molecule has 1 aliphatic rings. The Morgan fingerprint density at radius 3 is 2.54 bits per heavy atom. The molecule has 0 aliphatic carbocycles. The molecule has 1 aliphatic heterocycles. The summed E-state index contributed by atoms with van der Waals surface area (Å²) in [6, 6.07) is 9.05. The van der Waals surface area contributed by atoms with Gasteiger partial charge in [-0.15, -0.1) is 11.3 Å². The number of hydrogen-bond acceptors (Lipinski definition) is 5. The molecule has 1 unspecified atom stereocenters. The summed E-state index contributed by atoms with van der Waals surface area (Å²) in [6.07, 6.45) is -0.890. The third kappa shape index (κ3) is 3.13. The molecule has 1 atom stereocenters. The Bertz CT molecular complexity index is 782. The van der Waals surface area contributed by atoms with Crippen LogP contribution in [-0.4, -0.2) is 40.9 Å². The van der Waals surface area contributed by atoms with Gasteiger partial charge in [-0.3, -0.25) is 4.79 Å². The number of aliphatic hydroxyl groups is 1. The number of aliphatic hydroxyl groups excluding tert-OH is 1. The van der Waals surface area contributed by atoms with Crippen molar-refractivity contribution in [2.45, 2.75) is 45.1 Å². The molecule has 1 saturated heterocycles. The molecule has 1 fully saturated rings. The number of ether oxygens (including phenoxy) is 2. The monoisotopic (exact) mass is 375 g/mol. The van der Waals surface area contributed by atoms with Crippen molar-refractivity contribution in [2.24, 2.45) is 0 Å². The number of nitrogens with zero attached hydrogens (tertiary/aromatic N) is 1. The molecule has 6 heteroatoms. The summed E-state index contributed by atoms with van der Waals surface area (Å²) in [5.41, 5.74) is -0.294. The zero-order valence-corrected chi connectivity index (χ0v) is 16.6. The summed E-state index contributed by atoms with van der Waals surface area (Å²) < 4.78 is 11.3. The Balaban J connectivity index is 2.13. The number of hydrogen-bond donors (Lipinski definition) is 1. The van der Waals surface area contributed by atoms with Crippen LogP contribution in [0.3, 0.4) is 0 Å². The molecule has 2 aromatic rings. The molecule has 0 saturated carbocycles. The molecule has 0 bridgehead atoms. The summed E-state index contributed by atoms with van der Waals surface area (Å²) in [6.45, 7) is 8.16. The Hall–Kier alpha value is -1.89. The Morgan fingerprint density at radius 1 is 1.27 bits per heavy atom. The van der Waals surface area contributed by atoms with Gasteiger partial charge in [0.15, 0.2) is 0 Å². The molecule has 140 valence electrons. The molecule has 0 radical (unpaired) electrons. The maximum absolute atomic E-state index is 13.6. The highest BCUT2D eigenvalue weighted by atomic mass is 32.1. The van der Waals surface area contributed by atoms with Gasteiger partial charge in [-0.05, 0) is 45.2 Å². The van der Waals surface area contributed by atoms with Crippen molar-refractivity contribution in [2.75, 3.05) is 13.7 Å². The van der Waals surface area contributed by atoms with Crippen molar-refractivity contribution in [3.8, 4) is 5.75 Å². The van der Waals surface area contributed by atoms with Gasteiger partial charge in [-0.2, -0.15) is 0 Å². The van der Waals surface area contributed by atoms with Crippen molar-refractivity contribution < 1.29 is 19.4 Å². The lowest BCUT2D eigenvalue weighted by molar-refractivity contribution is -0.0433. The van der Waals surface area contributed by atoms with E-state index in [-0.39, 0.29) is 5.91 Å². The first-order valence-electron chi connectivity index (χ1n) is 8.56. The SMILES string of the molecule is COc1cccc(C(O)c2cccs2)c1C(=O)N1C(C)(C)COC1(C)C. The fraction of sp³-hybridized carbons (Fsp3) is 0.450. The predicted molar refractivity (Wildman–Crippen MR) is 102 cm³/mol. The molecular weight excluding hydrogens is 350 g/mol. The largest absolute Gasteiger partial charge is 0.496 e. The van der Waals surface area contributed by atoms with Crippen LogP contribution in [0.2, 0.25) is 0 Å².